The smallest absolute Gasteiger partial charge is 0.151 e. The molecule has 122 valence electrons. The molecule has 4 rings (SSSR count). The van der Waals surface area contributed by atoms with Gasteiger partial charge in [0.25, 0.3) is 0 Å². The van der Waals surface area contributed by atoms with Crippen molar-refractivity contribution >= 4 is 22.5 Å². The number of benzene rings is 1. The van der Waals surface area contributed by atoms with Crippen LogP contribution in [-0.2, 0) is 0 Å². The normalized spacial score (nSPS) is 17.4. The highest BCUT2D eigenvalue weighted by molar-refractivity contribution is 5.80. The Morgan fingerprint density at radius 3 is 2.92 bits per heavy atom. The summed E-state index contributed by atoms with van der Waals surface area (Å²) >= 11 is 0. The number of likely N-dealkylation sites (N-methyl/N-ethyl adjacent to an activating group) is 1. The summed E-state index contributed by atoms with van der Waals surface area (Å²) in [6.07, 6.45) is 4.09. The molecule has 1 aliphatic rings. The molecule has 1 aromatic carbocycles. The maximum atomic E-state index is 4.79. The van der Waals surface area contributed by atoms with Crippen molar-refractivity contribution in [1.29, 1.82) is 0 Å². The van der Waals surface area contributed by atoms with Crippen molar-refractivity contribution in [2.45, 2.75) is 18.9 Å². The van der Waals surface area contributed by atoms with Gasteiger partial charge in [-0.15, -0.1) is 5.10 Å². The number of hydrogen-bond acceptors (Lipinski definition) is 5. The van der Waals surface area contributed by atoms with E-state index in [-0.39, 0.29) is 0 Å². The van der Waals surface area contributed by atoms with Gasteiger partial charge in [0.1, 0.15) is 5.82 Å². The summed E-state index contributed by atoms with van der Waals surface area (Å²) in [5.74, 6) is 1.99. The minimum absolute atomic E-state index is 0.444. The number of pyridine rings is 1. The van der Waals surface area contributed by atoms with Gasteiger partial charge < -0.3 is 9.80 Å². The van der Waals surface area contributed by atoms with Crippen LogP contribution >= 0.6 is 0 Å². The maximum absolute atomic E-state index is 4.79. The topological polar surface area (TPSA) is 45.2 Å². The van der Waals surface area contributed by atoms with Crippen LogP contribution in [-0.4, -0.2) is 41.4 Å². The summed E-state index contributed by atoms with van der Waals surface area (Å²) in [5, 5.41) is 9.47. The molecule has 0 spiro atoms. The number of aromatic nitrogens is 3. The quantitative estimate of drug-likeness (QED) is 0.739. The first-order chi connectivity index (χ1) is 11.8. The molecule has 5 nitrogen and oxygen atoms in total. The van der Waals surface area contributed by atoms with E-state index in [0.717, 1.165) is 30.2 Å². The van der Waals surface area contributed by atoms with Crippen LogP contribution in [0.3, 0.4) is 0 Å². The molecule has 0 amide bonds. The lowest BCUT2D eigenvalue weighted by molar-refractivity contribution is 0.644. The van der Waals surface area contributed by atoms with Crippen LogP contribution in [0.1, 0.15) is 12.8 Å². The molecule has 0 aliphatic carbocycles. The monoisotopic (exact) mass is 319 g/mol. The van der Waals surface area contributed by atoms with Gasteiger partial charge in [0.05, 0.1) is 5.52 Å². The van der Waals surface area contributed by atoms with Crippen molar-refractivity contribution in [1.82, 2.24) is 15.2 Å². The fourth-order valence-electron chi connectivity index (χ4n) is 3.45. The molecule has 3 heterocycles. The van der Waals surface area contributed by atoms with Gasteiger partial charge in [-0.1, -0.05) is 18.2 Å². The van der Waals surface area contributed by atoms with Crippen LogP contribution in [0.5, 0.6) is 0 Å². The van der Waals surface area contributed by atoms with Crippen molar-refractivity contribution in [3.05, 3.63) is 54.7 Å². The first-order valence-corrected chi connectivity index (χ1v) is 8.42. The first kappa shape index (κ1) is 14.9. The minimum atomic E-state index is 0.444. The van der Waals surface area contributed by atoms with Crippen LogP contribution < -0.4 is 9.80 Å². The van der Waals surface area contributed by atoms with Gasteiger partial charge in [-0.05, 0) is 43.2 Å². The molecule has 3 aromatic rings. The van der Waals surface area contributed by atoms with Gasteiger partial charge in [0, 0.05) is 37.8 Å². The van der Waals surface area contributed by atoms with Gasteiger partial charge in [0.2, 0.25) is 0 Å². The van der Waals surface area contributed by atoms with Crippen molar-refractivity contribution < 1.29 is 0 Å². The third-order valence-electron chi connectivity index (χ3n) is 4.69. The SMILES string of the molecule is CN(CC1CCCN1c1cccnn1)c1ccc2ccccc2n1. The molecular formula is C19H21N5. The second-order valence-corrected chi connectivity index (χ2v) is 6.31. The highest BCUT2D eigenvalue weighted by Crippen LogP contribution is 2.25. The van der Waals surface area contributed by atoms with E-state index in [1.165, 1.54) is 18.2 Å². The van der Waals surface area contributed by atoms with Crippen molar-refractivity contribution in [3.63, 3.8) is 0 Å². The summed E-state index contributed by atoms with van der Waals surface area (Å²) in [6.45, 7) is 1.98. The Kier molecular flexibility index (Phi) is 3.99. The van der Waals surface area contributed by atoms with Crippen LogP contribution in [0.2, 0.25) is 0 Å². The van der Waals surface area contributed by atoms with E-state index < -0.39 is 0 Å². The van der Waals surface area contributed by atoms with E-state index >= 15 is 0 Å². The van der Waals surface area contributed by atoms with Gasteiger partial charge in [-0.3, -0.25) is 0 Å². The standard InChI is InChI=1S/C19H21N5/c1-23(18-11-10-15-6-2-3-8-17(15)21-18)14-16-7-5-13-24(16)19-9-4-12-20-22-19/h2-4,6,8-12,16H,5,7,13-14H2,1H3. The molecule has 0 N–H and O–H groups in total. The Morgan fingerprint density at radius 2 is 2.04 bits per heavy atom. The average Bonchev–Trinajstić information content (AvgIpc) is 3.10. The molecule has 1 saturated heterocycles. The van der Waals surface area contributed by atoms with Crippen LogP contribution in [0, 0.1) is 0 Å². The zero-order valence-corrected chi connectivity index (χ0v) is 13.8. The van der Waals surface area contributed by atoms with E-state index in [1.54, 1.807) is 6.20 Å². The van der Waals surface area contributed by atoms with Crippen molar-refractivity contribution in [3.8, 4) is 0 Å². The lowest BCUT2D eigenvalue weighted by atomic mass is 10.2. The Labute approximate surface area is 142 Å². The lowest BCUT2D eigenvalue weighted by Gasteiger charge is -2.29. The van der Waals surface area contributed by atoms with Gasteiger partial charge >= 0.3 is 0 Å². The molecule has 0 saturated carbocycles. The zero-order chi connectivity index (χ0) is 16.4. The fraction of sp³-hybridized carbons (Fsp3) is 0.316. The van der Waals surface area contributed by atoms with Gasteiger partial charge in [-0.2, -0.15) is 5.10 Å². The van der Waals surface area contributed by atoms with Crippen molar-refractivity contribution in [2.24, 2.45) is 0 Å². The summed E-state index contributed by atoms with van der Waals surface area (Å²) in [5.41, 5.74) is 1.04. The Bertz CT molecular complexity index is 820. The third-order valence-corrected chi connectivity index (χ3v) is 4.69. The van der Waals surface area contributed by atoms with Crippen LogP contribution in [0.25, 0.3) is 10.9 Å². The van der Waals surface area contributed by atoms with Crippen LogP contribution in [0.4, 0.5) is 11.6 Å². The minimum Gasteiger partial charge on any atom is -0.358 e. The molecular weight excluding hydrogens is 298 g/mol. The summed E-state index contributed by atoms with van der Waals surface area (Å²) < 4.78 is 0. The van der Waals surface area contributed by atoms with E-state index in [2.05, 4.69) is 51.3 Å². The number of anilines is 2. The molecule has 2 aromatic heterocycles. The molecule has 1 unspecified atom stereocenters. The second-order valence-electron chi connectivity index (χ2n) is 6.31. The predicted molar refractivity (Wildman–Crippen MR) is 97.4 cm³/mol. The molecule has 0 bridgehead atoms. The van der Waals surface area contributed by atoms with E-state index in [1.807, 2.05) is 24.3 Å². The highest BCUT2D eigenvalue weighted by Gasteiger charge is 2.27. The number of rotatable bonds is 4. The maximum Gasteiger partial charge on any atom is 0.151 e. The van der Waals surface area contributed by atoms with E-state index in [0.29, 0.717) is 6.04 Å². The molecule has 1 aliphatic heterocycles. The Morgan fingerprint density at radius 1 is 1.12 bits per heavy atom. The highest BCUT2D eigenvalue weighted by atomic mass is 15.3. The molecule has 1 fully saturated rings. The Balaban J connectivity index is 1.53. The van der Waals surface area contributed by atoms with Crippen molar-refractivity contribution in [2.75, 3.05) is 29.9 Å². The van der Waals surface area contributed by atoms with Gasteiger partial charge in [0.15, 0.2) is 5.82 Å². The molecule has 0 radical (unpaired) electrons. The number of para-hydroxylation sites is 1. The first-order valence-electron chi connectivity index (χ1n) is 8.42. The summed E-state index contributed by atoms with van der Waals surface area (Å²) in [7, 11) is 2.12. The second kappa shape index (κ2) is 6.43. The number of nitrogens with zero attached hydrogens (tertiary/aromatic N) is 5. The number of fused-ring (bicyclic) bond motifs is 1. The van der Waals surface area contributed by atoms with E-state index in [9.17, 15) is 0 Å². The average molecular weight is 319 g/mol. The Hall–Kier alpha value is -2.69. The van der Waals surface area contributed by atoms with Gasteiger partial charge in [-0.25, -0.2) is 4.98 Å². The van der Waals surface area contributed by atoms with Crippen LogP contribution in [0.15, 0.2) is 54.7 Å². The molecule has 24 heavy (non-hydrogen) atoms. The number of hydrogen-bond donors (Lipinski definition) is 0. The summed E-state index contributed by atoms with van der Waals surface area (Å²) in [6, 6.07) is 16.9. The fourth-order valence-corrected chi connectivity index (χ4v) is 3.45. The van der Waals surface area contributed by atoms with E-state index in [4.69, 9.17) is 4.98 Å². The molecule has 1 atom stereocenters. The lowest BCUT2D eigenvalue weighted by Crippen LogP contribution is -2.39. The summed E-state index contributed by atoms with van der Waals surface area (Å²) in [4.78, 5) is 9.40. The molecule has 5 heteroatoms. The predicted octanol–water partition coefficient (Wildman–Crippen LogP) is 3.13. The third kappa shape index (κ3) is 2.89. The largest absolute Gasteiger partial charge is 0.358 e. The zero-order valence-electron chi connectivity index (χ0n) is 13.8.